The monoisotopic (exact) mass is 430 g/mol. The van der Waals surface area contributed by atoms with Gasteiger partial charge in [0.2, 0.25) is 10.0 Å². The van der Waals surface area contributed by atoms with Crippen LogP contribution in [0.1, 0.15) is 5.56 Å². The molecule has 0 radical (unpaired) electrons. The van der Waals surface area contributed by atoms with Crippen molar-refractivity contribution in [3.05, 3.63) is 69.6 Å². The zero-order valence-electron chi connectivity index (χ0n) is 15.3. The highest BCUT2D eigenvalue weighted by Crippen LogP contribution is 2.32. The normalized spacial score (nSPS) is 15.9. The number of nitrogens with zero attached hydrogens (tertiary/aromatic N) is 4. The quantitative estimate of drug-likeness (QED) is 0.455. The van der Waals surface area contributed by atoms with Crippen molar-refractivity contribution in [3.63, 3.8) is 0 Å². The Bertz CT molecular complexity index is 1170. The lowest BCUT2D eigenvalue weighted by molar-refractivity contribution is -0.384. The second kappa shape index (κ2) is 7.90. The highest BCUT2D eigenvalue weighted by molar-refractivity contribution is 7.92. The van der Waals surface area contributed by atoms with Gasteiger partial charge in [-0.25, -0.2) is 13.4 Å². The number of nitro groups is 1. The molecular formula is C19H18N4O4S2. The zero-order chi connectivity index (χ0) is 20.4. The van der Waals surface area contributed by atoms with Crippen LogP contribution in [0.25, 0.3) is 16.3 Å². The van der Waals surface area contributed by atoms with E-state index in [0.29, 0.717) is 31.7 Å². The maximum absolute atomic E-state index is 12.6. The zero-order valence-corrected chi connectivity index (χ0v) is 17.0. The molecule has 2 heterocycles. The fourth-order valence-corrected chi connectivity index (χ4v) is 5.32. The van der Waals surface area contributed by atoms with Gasteiger partial charge in [0, 0.05) is 43.7 Å². The predicted octanol–water partition coefficient (Wildman–Crippen LogP) is 3.33. The van der Waals surface area contributed by atoms with E-state index in [2.05, 4.69) is 4.98 Å². The first kappa shape index (κ1) is 19.5. The van der Waals surface area contributed by atoms with E-state index in [1.54, 1.807) is 12.1 Å². The first-order valence-electron chi connectivity index (χ1n) is 8.96. The molecule has 0 N–H and O–H groups in total. The maximum atomic E-state index is 12.6. The lowest BCUT2D eigenvalue weighted by atomic mass is 10.2. The highest BCUT2D eigenvalue weighted by atomic mass is 32.2. The predicted molar refractivity (Wildman–Crippen MR) is 114 cm³/mol. The van der Waals surface area contributed by atoms with E-state index in [4.69, 9.17) is 0 Å². The van der Waals surface area contributed by atoms with Crippen LogP contribution in [-0.4, -0.2) is 48.8 Å². The van der Waals surface area contributed by atoms with E-state index in [-0.39, 0.29) is 5.69 Å². The number of hydrogen-bond acceptors (Lipinski definition) is 7. The summed E-state index contributed by atoms with van der Waals surface area (Å²) in [5.74, 6) is 0. The summed E-state index contributed by atoms with van der Waals surface area (Å²) in [5.41, 5.74) is 1.57. The van der Waals surface area contributed by atoms with Crippen molar-refractivity contribution in [1.82, 2.24) is 9.29 Å². The minimum Gasteiger partial charge on any atom is -0.345 e. The molecule has 1 fully saturated rings. The summed E-state index contributed by atoms with van der Waals surface area (Å²) in [6.07, 6.45) is 1.60. The van der Waals surface area contributed by atoms with E-state index in [1.165, 1.54) is 33.2 Å². The van der Waals surface area contributed by atoms with Crippen molar-refractivity contribution in [2.24, 2.45) is 0 Å². The molecule has 0 bridgehead atoms. The van der Waals surface area contributed by atoms with Crippen molar-refractivity contribution in [3.8, 4) is 0 Å². The fourth-order valence-electron chi connectivity index (χ4n) is 3.10. The molecule has 1 saturated heterocycles. The van der Waals surface area contributed by atoms with Crippen LogP contribution in [0, 0.1) is 10.1 Å². The van der Waals surface area contributed by atoms with Gasteiger partial charge in [0.15, 0.2) is 5.13 Å². The summed E-state index contributed by atoms with van der Waals surface area (Å²) in [7, 11) is -3.49. The van der Waals surface area contributed by atoms with Gasteiger partial charge in [0.05, 0.1) is 15.1 Å². The largest absolute Gasteiger partial charge is 0.345 e. The van der Waals surface area contributed by atoms with Gasteiger partial charge in [-0.3, -0.25) is 10.1 Å². The number of sulfonamides is 1. The van der Waals surface area contributed by atoms with Gasteiger partial charge < -0.3 is 4.90 Å². The van der Waals surface area contributed by atoms with Gasteiger partial charge in [-0.15, -0.1) is 0 Å². The molecule has 8 nitrogen and oxygen atoms in total. The summed E-state index contributed by atoms with van der Waals surface area (Å²) >= 11 is 1.38. The molecule has 3 aromatic rings. The molecule has 0 amide bonds. The average Bonchev–Trinajstić information content (AvgIpc) is 3.16. The molecule has 0 atom stereocenters. The number of benzene rings is 2. The Kier molecular flexibility index (Phi) is 5.31. The Balaban J connectivity index is 1.44. The molecule has 1 aliphatic heterocycles. The highest BCUT2D eigenvalue weighted by Gasteiger charge is 2.26. The van der Waals surface area contributed by atoms with E-state index in [0.717, 1.165) is 15.4 Å². The van der Waals surface area contributed by atoms with E-state index in [1.807, 2.05) is 35.2 Å². The molecular weight excluding hydrogens is 412 g/mol. The van der Waals surface area contributed by atoms with Crippen LogP contribution in [0.5, 0.6) is 0 Å². The van der Waals surface area contributed by atoms with Crippen molar-refractivity contribution < 1.29 is 13.3 Å². The van der Waals surface area contributed by atoms with Crippen LogP contribution >= 0.6 is 11.3 Å². The second-order valence-corrected chi connectivity index (χ2v) is 9.38. The number of hydrogen-bond donors (Lipinski definition) is 0. The minimum atomic E-state index is -3.49. The lowest BCUT2D eigenvalue weighted by Crippen LogP contribution is -2.48. The Labute approximate surface area is 171 Å². The topological polar surface area (TPSA) is 96.7 Å². The molecule has 10 heteroatoms. The van der Waals surface area contributed by atoms with Crippen LogP contribution in [0.15, 0.2) is 53.9 Å². The van der Waals surface area contributed by atoms with Gasteiger partial charge in [0.1, 0.15) is 0 Å². The Morgan fingerprint density at radius 3 is 2.48 bits per heavy atom. The Hall–Kier alpha value is -2.82. The van der Waals surface area contributed by atoms with E-state index < -0.39 is 14.9 Å². The van der Waals surface area contributed by atoms with Gasteiger partial charge >= 0.3 is 0 Å². The molecule has 29 heavy (non-hydrogen) atoms. The molecule has 4 rings (SSSR count). The molecule has 1 aromatic heterocycles. The number of piperazine rings is 1. The number of rotatable bonds is 5. The molecule has 1 aliphatic rings. The van der Waals surface area contributed by atoms with Gasteiger partial charge in [0.25, 0.3) is 5.69 Å². The molecule has 150 valence electrons. The number of fused-ring (bicyclic) bond motifs is 1. The summed E-state index contributed by atoms with van der Waals surface area (Å²) in [5, 5.41) is 12.9. The molecule has 0 aliphatic carbocycles. The molecule has 2 aromatic carbocycles. The molecule has 0 spiro atoms. The summed E-state index contributed by atoms with van der Waals surface area (Å²) in [4.78, 5) is 17.1. The Morgan fingerprint density at radius 2 is 1.79 bits per heavy atom. The molecule has 0 saturated carbocycles. The summed E-state index contributed by atoms with van der Waals surface area (Å²) < 4.78 is 27.4. The van der Waals surface area contributed by atoms with Gasteiger partial charge in [-0.2, -0.15) is 4.31 Å². The van der Waals surface area contributed by atoms with Gasteiger partial charge in [-0.05, 0) is 17.7 Å². The lowest BCUT2D eigenvalue weighted by Gasteiger charge is -2.33. The third-order valence-electron chi connectivity index (χ3n) is 4.67. The second-order valence-electron chi connectivity index (χ2n) is 6.55. The standard InChI is InChI=1S/C19H18N4O4S2/c24-23(25)16-6-7-17-18(14-16)28-19(20-17)21-9-11-22(12-10-21)29(26,27)13-8-15-4-2-1-3-5-15/h1-8,13-14H,9-12H2/b13-8+. The van der Waals surface area contributed by atoms with Crippen molar-refractivity contribution in [2.45, 2.75) is 0 Å². The van der Waals surface area contributed by atoms with Crippen molar-refractivity contribution in [2.75, 3.05) is 31.1 Å². The van der Waals surface area contributed by atoms with Crippen LogP contribution in [0.4, 0.5) is 10.8 Å². The first-order valence-corrected chi connectivity index (χ1v) is 11.3. The third-order valence-corrected chi connectivity index (χ3v) is 7.32. The number of thiazole rings is 1. The van der Waals surface area contributed by atoms with E-state index >= 15 is 0 Å². The van der Waals surface area contributed by atoms with Crippen LogP contribution in [0.3, 0.4) is 0 Å². The smallest absolute Gasteiger partial charge is 0.270 e. The van der Waals surface area contributed by atoms with Gasteiger partial charge in [-0.1, -0.05) is 41.7 Å². The van der Waals surface area contributed by atoms with E-state index in [9.17, 15) is 18.5 Å². The Morgan fingerprint density at radius 1 is 1.07 bits per heavy atom. The van der Waals surface area contributed by atoms with Crippen molar-refractivity contribution >= 4 is 48.5 Å². The van der Waals surface area contributed by atoms with Crippen molar-refractivity contribution in [1.29, 1.82) is 0 Å². The summed E-state index contributed by atoms with van der Waals surface area (Å²) in [6.45, 7) is 1.75. The minimum absolute atomic E-state index is 0.0359. The van der Waals surface area contributed by atoms with Crippen LogP contribution in [0.2, 0.25) is 0 Å². The average molecular weight is 431 g/mol. The number of aromatic nitrogens is 1. The number of nitro benzene ring substituents is 1. The number of non-ortho nitro benzene ring substituents is 1. The summed E-state index contributed by atoms with van der Waals surface area (Å²) in [6, 6.07) is 13.9. The fraction of sp³-hybridized carbons (Fsp3) is 0.211. The van der Waals surface area contributed by atoms with Crippen LogP contribution in [-0.2, 0) is 10.0 Å². The molecule has 0 unspecified atom stereocenters. The SMILES string of the molecule is O=[N+]([O-])c1ccc2nc(N3CCN(S(=O)(=O)/C=C/c4ccccc4)CC3)sc2c1. The number of anilines is 1. The maximum Gasteiger partial charge on any atom is 0.270 e. The first-order chi connectivity index (χ1) is 13.9. The van der Waals surface area contributed by atoms with Crippen LogP contribution < -0.4 is 4.90 Å². The third kappa shape index (κ3) is 4.29.